The Hall–Kier alpha value is -1.10. The quantitative estimate of drug-likeness (QED) is 0.179. The average molecular weight is 736 g/mol. The Morgan fingerprint density at radius 1 is 0.462 bits per heavy atom. The van der Waals surface area contributed by atoms with Gasteiger partial charge in [0.15, 0.2) is 0 Å². The van der Waals surface area contributed by atoms with E-state index in [9.17, 15) is 9.59 Å². The summed E-state index contributed by atoms with van der Waals surface area (Å²) < 4.78 is 11.4. The minimum atomic E-state index is 0.0215. The lowest BCUT2D eigenvalue weighted by molar-refractivity contribution is -0.146. The van der Waals surface area contributed by atoms with Crippen molar-refractivity contribution in [2.75, 3.05) is 26.3 Å². The number of unbranched alkanes of at least 4 members (excludes halogenated alkanes) is 2. The third-order valence-electron chi connectivity index (χ3n) is 11.3. The van der Waals surface area contributed by atoms with Gasteiger partial charge in [-0.1, -0.05) is 189 Å². The number of ether oxygens (including phenoxy) is 2. The van der Waals surface area contributed by atoms with Crippen LogP contribution in [0.1, 0.15) is 247 Å². The van der Waals surface area contributed by atoms with E-state index in [2.05, 4.69) is 26.1 Å². The molecule has 5 nitrogen and oxygen atoms in total. The second-order valence-corrected chi connectivity index (χ2v) is 16.1. The molecule has 1 N–H and O–H groups in total. The Balaban J connectivity index is 0.0000128. The minimum Gasteiger partial charge on any atom is -0.466 e. The van der Waals surface area contributed by atoms with Crippen LogP contribution in [0.25, 0.3) is 0 Å². The summed E-state index contributed by atoms with van der Waals surface area (Å²) in [4.78, 5) is 25.3. The van der Waals surface area contributed by atoms with Gasteiger partial charge in [-0.05, 0) is 75.8 Å². The number of rotatable bonds is 10. The van der Waals surface area contributed by atoms with Crippen LogP contribution in [-0.4, -0.2) is 38.2 Å². The van der Waals surface area contributed by atoms with Crippen LogP contribution in [0.2, 0.25) is 0 Å². The second-order valence-electron chi connectivity index (χ2n) is 16.1. The average Bonchev–Trinajstić information content (AvgIpc) is 3.15. The summed E-state index contributed by atoms with van der Waals surface area (Å²) in [5.74, 6) is 1.85. The summed E-state index contributed by atoms with van der Waals surface area (Å²) in [6.45, 7) is 14.1. The third kappa shape index (κ3) is 34.7. The molecule has 1 aliphatic rings. The van der Waals surface area contributed by atoms with Crippen molar-refractivity contribution in [1.82, 2.24) is 5.32 Å². The Kier molecular flexibility index (Phi) is 40.2. The molecule has 0 aromatic heterocycles. The molecule has 0 aliphatic carbocycles. The van der Waals surface area contributed by atoms with Gasteiger partial charge < -0.3 is 14.8 Å². The van der Waals surface area contributed by atoms with Gasteiger partial charge in [-0.2, -0.15) is 0 Å². The maximum Gasteiger partial charge on any atom is 0.306 e. The second kappa shape index (κ2) is 41.1. The molecule has 2 unspecified atom stereocenters. The van der Waals surface area contributed by atoms with Crippen molar-refractivity contribution in [3.63, 3.8) is 0 Å². The van der Waals surface area contributed by atoms with E-state index in [4.69, 9.17) is 9.47 Å². The Morgan fingerprint density at radius 3 is 1.13 bits per heavy atom. The van der Waals surface area contributed by atoms with Crippen LogP contribution >= 0.6 is 0 Å². The molecule has 1 rings (SSSR count). The molecule has 0 radical (unpaired) electrons. The van der Waals surface area contributed by atoms with E-state index in [1.165, 1.54) is 167 Å². The van der Waals surface area contributed by atoms with Crippen molar-refractivity contribution in [2.45, 2.75) is 247 Å². The van der Waals surface area contributed by atoms with Crippen molar-refractivity contribution in [3.8, 4) is 0 Å². The van der Waals surface area contributed by atoms with Gasteiger partial charge in [-0.3, -0.25) is 9.59 Å². The highest BCUT2D eigenvalue weighted by atomic mass is 16.5. The highest BCUT2D eigenvalue weighted by molar-refractivity contribution is 5.70. The van der Waals surface area contributed by atoms with Crippen LogP contribution in [-0.2, 0) is 19.1 Å². The predicted octanol–water partition coefficient (Wildman–Crippen LogP) is 14.5. The van der Waals surface area contributed by atoms with Gasteiger partial charge >= 0.3 is 11.9 Å². The molecule has 1 saturated heterocycles. The molecule has 2 atom stereocenters. The number of esters is 2. The van der Waals surface area contributed by atoms with E-state index >= 15 is 0 Å². The summed E-state index contributed by atoms with van der Waals surface area (Å²) in [6.07, 6.45) is 40.0. The fourth-order valence-corrected chi connectivity index (χ4v) is 7.97. The van der Waals surface area contributed by atoms with E-state index in [1.54, 1.807) is 0 Å². The van der Waals surface area contributed by atoms with Gasteiger partial charge in [0.1, 0.15) is 0 Å². The monoisotopic (exact) mass is 736 g/mol. The van der Waals surface area contributed by atoms with Gasteiger partial charge in [-0.25, -0.2) is 0 Å². The normalized spacial score (nSPS) is 23.8. The molecule has 0 saturated carbocycles. The van der Waals surface area contributed by atoms with E-state index in [1.807, 2.05) is 13.8 Å². The summed E-state index contributed by atoms with van der Waals surface area (Å²) >= 11 is 0. The Bertz CT molecular complexity index is 687. The summed E-state index contributed by atoms with van der Waals surface area (Å²) in [7, 11) is 0. The van der Waals surface area contributed by atoms with Crippen LogP contribution in [0.15, 0.2) is 0 Å². The predicted molar refractivity (Wildman–Crippen MR) is 226 cm³/mol. The van der Waals surface area contributed by atoms with Crippen LogP contribution in [0, 0.1) is 17.8 Å². The van der Waals surface area contributed by atoms with E-state index in [0.29, 0.717) is 37.9 Å². The standard InChI is InChI=1S/C45H87NO4.C2H6/c1-4-7-29-42-33-25-19-20-26-34-43(30-8-5-2)40-45(48)50-38-28-22-16-12-10-14-18-24-32-41(35-36-46-6-3)31-23-17-13-9-11-15-21-27-37-49-44(47)39-42;1-2/h41-43,46H,4-40H2,1-3H3;1-2H3. The van der Waals surface area contributed by atoms with Gasteiger partial charge in [-0.15, -0.1) is 0 Å². The summed E-state index contributed by atoms with van der Waals surface area (Å²) in [5, 5.41) is 3.56. The van der Waals surface area contributed by atoms with Crippen LogP contribution in [0.4, 0.5) is 0 Å². The number of hydrogen-bond acceptors (Lipinski definition) is 5. The van der Waals surface area contributed by atoms with Gasteiger partial charge in [0.05, 0.1) is 13.2 Å². The summed E-state index contributed by atoms with van der Waals surface area (Å²) in [6, 6.07) is 0. The molecule has 0 aromatic carbocycles. The van der Waals surface area contributed by atoms with Crippen LogP contribution in [0.3, 0.4) is 0 Å². The lowest BCUT2D eigenvalue weighted by Gasteiger charge is -2.17. The molecule has 1 aliphatic heterocycles. The van der Waals surface area contributed by atoms with E-state index < -0.39 is 0 Å². The highest BCUT2D eigenvalue weighted by Crippen LogP contribution is 2.25. The minimum absolute atomic E-state index is 0.0215. The lowest BCUT2D eigenvalue weighted by Crippen LogP contribution is -2.17. The van der Waals surface area contributed by atoms with Crippen molar-refractivity contribution in [3.05, 3.63) is 0 Å². The largest absolute Gasteiger partial charge is 0.466 e. The molecule has 52 heavy (non-hydrogen) atoms. The van der Waals surface area contributed by atoms with Gasteiger partial charge in [0, 0.05) is 12.8 Å². The maximum absolute atomic E-state index is 12.7. The first-order valence-corrected chi connectivity index (χ1v) is 23.6. The highest BCUT2D eigenvalue weighted by Gasteiger charge is 2.17. The first-order chi connectivity index (χ1) is 25.6. The molecule has 5 heteroatoms. The number of cyclic esters (lactones) is 2. The molecule has 1 heterocycles. The van der Waals surface area contributed by atoms with Crippen LogP contribution in [0.5, 0.6) is 0 Å². The number of carbonyl (C=O) groups excluding carboxylic acids is 2. The molecular weight excluding hydrogens is 643 g/mol. The molecule has 1 fully saturated rings. The molecule has 0 bridgehead atoms. The number of hydrogen-bond donors (Lipinski definition) is 1. The zero-order valence-electron chi connectivity index (χ0n) is 36.0. The Morgan fingerprint density at radius 2 is 0.788 bits per heavy atom. The molecule has 0 aromatic rings. The zero-order chi connectivity index (χ0) is 38.2. The maximum atomic E-state index is 12.7. The van der Waals surface area contributed by atoms with Gasteiger partial charge in [0.25, 0.3) is 0 Å². The molecule has 310 valence electrons. The molecular formula is C47H93NO4. The summed E-state index contributed by atoms with van der Waals surface area (Å²) in [5.41, 5.74) is 0. The first kappa shape index (κ1) is 50.9. The zero-order valence-corrected chi connectivity index (χ0v) is 36.0. The SMILES string of the molecule is CC.CCCCC1CCCCCCC(CCCC)CC(=O)OCCCCCCCCCCC(CCNCC)CCCCCCCCCCOC(=O)C1. The number of carbonyl (C=O) groups is 2. The van der Waals surface area contributed by atoms with Crippen molar-refractivity contribution in [1.29, 1.82) is 0 Å². The fourth-order valence-electron chi connectivity index (χ4n) is 7.97. The van der Waals surface area contributed by atoms with E-state index in [0.717, 1.165) is 51.0 Å². The van der Waals surface area contributed by atoms with Gasteiger partial charge in [0.2, 0.25) is 0 Å². The first-order valence-electron chi connectivity index (χ1n) is 23.6. The third-order valence-corrected chi connectivity index (χ3v) is 11.3. The smallest absolute Gasteiger partial charge is 0.306 e. The topological polar surface area (TPSA) is 64.6 Å². The number of nitrogens with one attached hydrogen (secondary N) is 1. The van der Waals surface area contributed by atoms with Crippen molar-refractivity contribution >= 4 is 11.9 Å². The van der Waals surface area contributed by atoms with Crippen molar-refractivity contribution < 1.29 is 19.1 Å². The lowest BCUT2D eigenvalue weighted by atomic mass is 9.90. The fraction of sp³-hybridized carbons (Fsp3) is 0.957. The Labute approximate surface area is 326 Å². The van der Waals surface area contributed by atoms with Crippen LogP contribution < -0.4 is 5.32 Å². The van der Waals surface area contributed by atoms with E-state index in [-0.39, 0.29) is 11.9 Å². The molecule has 0 spiro atoms. The molecule has 0 amide bonds. The van der Waals surface area contributed by atoms with Crippen molar-refractivity contribution in [2.24, 2.45) is 17.8 Å².